The van der Waals surface area contributed by atoms with Gasteiger partial charge in [-0.1, -0.05) is 21.3 Å². The molecule has 4 fully saturated rings. The Labute approximate surface area is 295 Å². The number of aryl methyl sites for hydroxylation is 2. The first-order valence-electron chi connectivity index (χ1n) is 18.1. The molecule has 0 saturated carbocycles. The number of hydrogen-bond acceptors (Lipinski definition) is 10. The first-order valence-corrected chi connectivity index (χ1v) is 18.1. The van der Waals surface area contributed by atoms with Crippen LogP contribution in [0.4, 0.5) is 22.7 Å². The van der Waals surface area contributed by atoms with Crippen molar-refractivity contribution < 1.29 is 19.5 Å². The Hall–Kier alpha value is -3.28. The summed E-state index contributed by atoms with van der Waals surface area (Å²) < 4.78 is 10.7. The smallest absolute Gasteiger partial charge is 0.311 e. The van der Waals surface area contributed by atoms with E-state index >= 15 is 0 Å². The Bertz CT molecular complexity index is 1300. The van der Waals surface area contributed by atoms with Crippen molar-refractivity contribution in [2.75, 3.05) is 89.2 Å². The highest BCUT2D eigenvalue weighted by Crippen LogP contribution is 2.37. The zero-order valence-corrected chi connectivity index (χ0v) is 30.1. The Morgan fingerprint density at radius 3 is 1.47 bits per heavy atom. The van der Waals surface area contributed by atoms with E-state index in [1.54, 1.807) is 13.2 Å². The van der Waals surface area contributed by atoms with Gasteiger partial charge in [-0.2, -0.15) is 0 Å². The molecule has 0 bridgehead atoms. The third-order valence-electron chi connectivity index (χ3n) is 10.7. The number of benzene rings is 2. The van der Waals surface area contributed by atoms with Gasteiger partial charge in [0.05, 0.1) is 24.8 Å². The van der Waals surface area contributed by atoms with Crippen LogP contribution in [0.3, 0.4) is 0 Å². The number of ether oxygens (including phenoxy) is 2. The molecule has 0 radical (unpaired) electrons. The van der Waals surface area contributed by atoms with Crippen molar-refractivity contribution >= 4 is 22.7 Å². The summed E-state index contributed by atoms with van der Waals surface area (Å²) in [7, 11) is 4.19. The molecule has 0 unspecified atom stereocenters. The molecule has 2 aromatic rings. The lowest BCUT2D eigenvalue weighted by atomic mass is 10.0. The number of nitrogens with zero attached hydrogens (tertiary/aromatic N) is 5. The number of likely N-dealkylation sites (tertiary alicyclic amines) is 2. The van der Waals surface area contributed by atoms with E-state index < -0.39 is 0 Å². The van der Waals surface area contributed by atoms with Crippen LogP contribution in [-0.2, 0) is 12.8 Å². The fourth-order valence-corrected chi connectivity index (χ4v) is 8.03. The van der Waals surface area contributed by atoms with E-state index in [1.165, 1.54) is 95.9 Å². The Kier molecular flexibility index (Phi) is 16.2. The molecule has 6 rings (SSSR count). The number of nitro benzene ring substituents is 1. The third-order valence-corrected chi connectivity index (χ3v) is 10.7. The quantitative estimate of drug-likeness (QED) is 0.175. The summed E-state index contributed by atoms with van der Waals surface area (Å²) in [5.41, 5.74) is 11.6. The standard InChI is InChI=1S/C18H27N3O3.C18H29N3O.CH4O.CH4/c1-3-14-12-17(21(22)23)18(24-2)13-16(14)20-10-6-15(7-11-20)19-8-4-5-9-19;1-3-14-12-16(19)18(22-2)13-17(14)21-10-6-15(7-11-21)20-8-4-5-9-20;1-2;/h12-13,15H,3-11H2,1-2H3;12-13,15H,3-11,19H2,1-2H3;2H,1H3;1H4. The number of methoxy groups -OCH3 is 2. The van der Waals surface area contributed by atoms with Crippen molar-refractivity contribution in [3.63, 3.8) is 0 Å². The summed E-state index contributed by atoms with van der Waals surface area (Å²) in [4.78, 5) is 21.1. The van der Waals surface area contributed by atoms with Crippen LogP contribution in [0.15, 0.2) is 24.3 Å². The SMILES string of the molecule is C.CCc1cc(N)c(OC)cc1N1CCC(N2CCCC2)CC1.CCc1cc([N+](=O)[O-])c(OC)cc1N1CCC(N2CCCC2)CC1.CO. The van der Waals surface area contributed by atoms with Crippen LogP contribution in [0.5, 0.6) is 11.5 Å². The maximum absolute atomic E-state index is 11.2. The van der Waals surface area contributed by atoms with Crippen molar-refractivity contribution in [3.05, 3.63) is 45.5 Å². The van der Waals surface area contributed by atoms with Crippen LogP contribution in [0, 0.1) is 10.1 Å². The summed E-state index contributed by atoms with van der Waals surface area (Å²) in [6.07, 6.45) is 12.1. The Morgan fingerprint density at radius 2 is 1.10 bits per heavy atom. The van der Waals surface area contributed by atoms with Crippen LogP contribution >= 0.6 is 0 Å². The summed E-state index contributed by atoms with van der Waals surface area (Å²) in [5.74, 6) is 1.16. The molecule has 4 heterocycles. The molecule has 0 atom stereocenters. The normalized spacial score (nSPS) is 19.0. The average Bonchev–Trinajstić information content (AvgIpc) is 3.88. The number of hydrogen-bond donors (Lipinski definition) is 2. The number of aliphatic hydroxyl groups excluding tert-OH is 1. The van der Waals surface area contributed by atoms with E-state index in [-0.39, 0.29) is 18.0 Å². The second-order valence-corrected chi connectivity index (χ2v) is 13.3. The summed E-state index contributed by atoms with van der Waals surface area (Å²) in [6, 6.07) is 9.24. The summed E-state index contributed by atoms with van der Waals surface area (Å²) in [6.45, 7) is 13.6. The van der Waals surface area contributed by atoms with Gasteiger partial charge in [-0.05, 0) is 108 Å². The van der Waals surface area contributed by atoms with Gasteiger partial charge >= 0.3 is 5.69 Å². The third kappa shape index (κ3) is 9.92. The summed E-state index contributed by atoms with van der Waals surface area (Å²) in [5, 5.41) is 18.2. The molecule has 0 aromatic heterocycles. The second kappa shape index (κ2) is 19.8. The lowest BCUT2D eigenvalue weighted by Gasteiger charge is -2.38. The van der Waals surface area contributed by atoms with Gasteiger partial charge in [0.1, 0.15) is 5.75 Å². The average molecular weight is 685 g/mol. The zero-order valence-electron chi connectivity index (χ0n) is 30.1. The van der Waals surface area contributed by atoms with Crippen LogP contribution < -0.4 is 25.0 Å². The van der Waals surface area contributed by atoms with Gasteiger partial charge < -0.3 is 39.9 Å². The highest BCUT2D eigenvalue weighted by Gasteiger charge is 2.29. The number of piperidine rings is 2. The van der Waals surface area contributed by atoms with Crippen molar-refractivity contribution in [2.24, 2.45) is 0 Å². The second-order valence-electron chi connectivity index (χ2n) is 13.3. The molecular weight excluding hydrogens is 620 g/mol. The van der Waals surface area contributed by atoms with Gasteiger partial charge in [0.2, 0.25) is 0 Å². The number of anilines is 3. The molecule has 4 aliphatic rings. The van der Waals surface area contributed by atoms with E-state index in [1.807, 2.05) is 13.0 Å². The lowest BCUT2D eigenvalue weighted by molar-refractivity contribution is -0.385. The molecule has 0 aliphatic carbocycles. The van der Waals surface area contributed by atoms with Gasteiger partial charge in [0, 0.05) is 74.9 Å². The predicted octanol–water partition coefficient (Wildman–Crippen LogP) is 6.38. The number of nitro groups is 1. The van der Waals surface area contributed by atoms with Crippen LogP contribution in [0.1, 0.15) is 83.8 Å². The lowest BCUT2D eigenvalue weighted by Crippen LogP contribution is -2.44. The molecule has 0 spiro atoms. The predicted molar refractivity (Wildman–Crippen MR) is 203 cm³/mol. The minimum absolute atomic E-state index is 0. The number of nitrogens with two attached hydrogens (primary N) is 1. The van der Waals surface area contributed by atoms with Crippen LogP contribution in [0.25, 0.3) is 0 Å². The van der Waals surface area contributed by atoms with Crippen molar-refractivity contribution in [1.29, 1.82) is 0 Å². The molecule has 11 heteroatoms. The Morgan fingerprint density at radius 1 is 0.714 bits per heavy atom. The van der Waals surface area contributed by atoms with E-state index in [0.29, 0.717) is 11.8 Å². The van der Waals surface area contributed by atoms with Crippen molar-refractivity contribution in [2.45, 2.75) is 97.6 Å². The van der Waals surface area contributed by atoms with E-state index in [9.17, 15) is 10.1 Å². The minimum Gasteiger partial charge on any atom is -0.495 e. The molecule has 0 amide bonds. The monoisotopic (exact) mass is 684 g/mol. The highest BCUT2D eigenvalue weighted by molar-refractivity contribution is 5.67. The Balaban J connectivity index is 0.000000249. The van der Waals surface area contributed by atoms with E-state index in [0.717, 1.165) is 74.9 Å². The highest BCUT2D eigenvalue weighted by atomic mass is 16.6. The largest absolute Gasteiger partial charge is 0.495 e. The van der Waals surface area contributed by atoms with Crippen LogP contribution in [0.2, 0.25) is 0 Å². The minimum atomic E-state index is -0.360. The van der Waals surface area contributed by atoms with E-state index in [4.69, 9.17) is 20.3 Å². The van der Waals surface area contributed by atoms with Gasteiger partial charge in [-0.25, -0.2) is 0 Å². The molecule has 11 nitrogen and oxygen atoms in total. The zero-order chi connectivity index (χ0) is 34.6. The summed E-state index contributed by atoms with van der Waals surface area (Å²) >= 11 is 0. The number of rotatable bonds is 9. The number of aliphatic hydroxyl groups is 1. The number of nitrogen functional groups attached to an aromatic ring is 1. The molecule has 2 aromatic carbocycles. The molecule has 276 valence electrons. The van der Waals surface area contributed by atoms with Crippen molar-refractivity contribution in [1.82, 2.24) is 9.80 Å². The maximum atomic E-state index is 11.2. The maximum Gasteiger partial charge on any atom is 0.311 e. The molecule has 3 N–H and O–H groups in total. The van der Waals surface area contributed by atoms with Gasteiger partial charge in [0.25, 0.3) is 0 Å². The van der Waals surface area contributed by atoms with Gasteiger partial charge in [-0.15, -0.1) is 0 Å². The topological polar surface area (TPSA) is 121 Å². The first-order chi connectivity index (χ1) is 23.4. The van der Waals surface area contributed by atoms with E-state index in [2.05, 4.69) is 38.7 Å². The van der Waals surface area contributed by atoms with Gasteiger partial charge in [-0.3, -0.25) is 10.1 Å². The molecule has 4 aliphatic heterocycles. The van der Waals surface area contributed by atoms with Crippen molar-refractivity contribution in [3.8, 4) is 11.5 Å². The molecule has 49 heavy (non-hydrogen) atoms. The first kappa shape index (κ1) is 40.2. The van der Waals surface area contributed by atoms with Gasteiger partial charge in [0.15, 0.2) is 5.75 Å². The van der Waals surface area contributed by atoms with Crippen LogP contribution in [-0.4, -0.2) is 106 Å². The fraction of sp³-hybridized carbons (Fsp3) is 0.684. The fourth-order valence-electron chi connectivity index (χ4n) is 8.03. The molecule has 4 saturated heterocycles. The molecular formula is C38H64N6O5.